The summed E-state index contributed by atoms with van der Waals surface area (Å²) in [4.78, 5) is 70.4. The normalized spacial score (nSPS) is 28.9. The molecule has 0 radical (unpaired) electrons. The number of carbonyl (C=O) groups excluding carboxylic acids is 5. The first-order valence-electron chi connectivity index (χ1n) is 8.39. The molecule has 11 nitrogen and oxygen atoms in total. The fourth-order valence-electron chi connectivity index (χ4n) is 3.01. The smallest absolute Gasteiger partial charge is 0.336 e. The van der Waals surface area contributed by atoms with Crippen LogP contribution in [0.5, 0.6) is 0 Å². The molecule has 1 heterocycles. The maximum absolute atomic E-state index is 12.3. The molecule has 156 valence electrons. The van der Waals surface area contributed by atoms with E-state index < -0.39 is 66.0 Å². The minimum atomic E-state index is -1.88. The Morgan fingerprint density at radius 3 is 1.90 bits per heavy atom. The molecule has 11 heteroatoms. The van der Waals surface area contributed by atoms with Crippen LogP contribution in [0.15, 0.2) is 23.8 Å². The van der Waals surface area contributed by atoms with E-state index in [9.17, 15) is 33.9 Å². The van der Waals surface area contributed by atoms with Crippen molar-refractivity contribution in [1.29, 1.82) is 0 Å². The summed E-state index contributed by atoms with van der Waals surface area (Å²) in [5.41, 5.74) is -0.298. The van der Waals surface area contributed by atoms with Crippen molar-refractivity contribution < 1.29 is 52.8 Å². The van der Waals surface area contributed by atoms with Crippen molar-refractivity contribution in [1.82, 2.24) is 0 Å². The van der Waals surface area contributed by atoms with Gasteiger partial charge in [0.15, 0.2) is 36.0 Å². The summed E-state index contributed by atoms with van der Waals surface area (Å²) < 4.78 is 20.6. The van der Waals surface area contributed by atoms with E-state index in [2.05, 4.69) is 0 Å². The Balaban J connectivity index is 2.59. The van der Waals surface area contributed by atoms with E-state index in [1.54, 1.807) is 0 Å². The largest absolute Gasteiger partial charge is 0.479 e. The average Bonchev–Trinajstić information content (AvgIpc) is 2.58. The zero-order chi connectivity index (χ0) is 21.9. The van der Waals surface area contributed by atoms with Gasteiger partial charge in [-0.2, -0.15) is 0 Å². The minimum absolute atomic E-state index is 0.298. The second-order valence-electron chi connectivity index (χ2n) is 6.24. The maximum atomic E-state index is 12.3. The predicted octanol–water partition coefficient (Wildman–Crippen LogP) is -0.732. The quantitative estimate of drug-likeness (QED) is 0.346. The van der Waals surface area contributed by atoms with Crippen LogP contribution in [0.3, 0.4) is 0 Å². The van der Waals surface area contributed by atoms with Crippen LogP contribution in [0, 0.1) is 0 Å². The molecule has 0 saturated carbocycles. The highest BCUT2D eigenvalue weighted by Gasteiger charge is 2.55. The highest BCUT2D eigenvalue weighted by Crippen LogP contribution is 2.33. The van der Waals surface area contributed by atoms with Crippen LogP contribution in [0.2, 0.25) is 0 Å². The monoisotopic (exact) mass is 410 g/mol. The Hall–Kier alpha value is -3.34. The van der Waals surface area contributed by atoms with Crippen LogP contribution in [-0.2, 0) is 47.7 Å². The minimum Gasteiger partial charge on any atom is -0.479 e. The van der Waals surface area contributed by atoms with E-state index in [-0.39, 0.29) is 5.57 Å². The van der Waals surface area contributed by atoms with E-state index >= 15 is 0 Å². The molecule has 5 atom stereocenters. The SMILES string of the molecule is CC(=O)O[C@H]1[C@@H](OC(C)=O)[C@@H](C(=O)O)O[C@@H](C2=CC(=O)C=CC2=O)[C@@H]1OC(C)=O. The third-order valence-corrected chi connectivity index (χ3v) is 3.97. The van der Waals surface area contributed by atoms with Crippen molar-refractivity contribution in [2.45, 2.75) is 51.3 Å². The van der Waals surface area contributed by atoms with Crippen molar-refractivity contribution in [3.05, 3.63) is 23.8 Å². The zero-order valence-electron chi connectivity index (χ0n) is 15.6. The molecule has 2 rings (SSSR count). The standard InChI is InChI=1S/C18H18O11/c1-7(19)26-14-13(11-6-10(22)4-5-12(11)23)29-17(18(24)25)16(28-9(3)21)15(14)27-8(2)20/h4-6,13-17H,1-3H3,(H,24,25)/t13-,14-,15+,16+,17-/m0/s1. The molecule has 0 amide bonds. The number of rotatable bonds is 5. The van der Waals surface area contributed by atoms with Crippen molar-refractivity contribution >= 4 is 35.4 Å². The lowest BCUT2D eigenvalue weighted by Crippen LogP contribution is -2.64. The summed E-state index contributed by atoms with van der Waals surface area (Å²) in [5.74, 6) is -5.54. The Morgan fingerprint density at radius 2 is 1.38 bits per heavy atom. The van der Waals surface area contributed by atoms with Crippen molar-refractivity contribution in [3.63, 3.8) is 0 Å². The Kier molecular flexibility index (Phi) is 6.64. The van der Waals surface area contributed by atoms with Gasteiger partial charge in [0, 0.05) is 26.3 Å². The molecular formula is C18H18O11. The van der Waals surface area contributed by atoms with Gasteiger partial charge in [0.1, 0.15) is 6.10 Å². The van der Waals surface area contributed by atoms with E-state index in [0.717, 1.165) is 39.0 Å². The van der Waals surface area contributed by atoms with Crippen molar-refractivity contribution in [3.8, 4) is 0 Å². The summed E-state index contributed by atoms with van der Waals surface area (Å²) in [5, 5.41) is 9.53. The number of ether oxygens (including phenoxy) is 4. The lowest BCUT2D eigenvalue weighted by atomic mass is 9.86. The molecule has 1 N–H and O–H groups in total. The number of hydrogen-bond donors (Lipinski definition) is 1. The van der Waals surface area contributed by atoms with Crippen molar-refractivity contribution in [2.24, 2.45) is 0 Å². The number of ketones is 2. The number of hydrogen-bond acceptors (Lipinski definition) is 10. The third-order valence-electron chi connectivity index (χ3n) is 3.97. The topological polar surface area (TPSA) is 160 Å². The number of carboxylic acid groups (broad SMARTS) is 1. The van der Waals surface area contributed by atoms with E-state index in [0.29, 0.717) is 0 Å². The first-order chi connectivity index (χ1) is 13.5. The Labute approximate surface area is 164 Å². The van der Waals surface area contributed by atoms with E-state index in [1.165, 1.54) is 0 Å². The van der Waals surface area contributed by atoms with E-state index in [1.807, 2.05) is 0 Å². The summed E-state index contributed by atoms with van der Waals surface area (Å²) in [7, 11) is 0. The molecule has 1 aliphatic carbocycles. The first kappa shape index (κ1) is 22.0. The molecule has 2 aliphatic rings. The molecule has 1 saturated heterocycles. The zero-order valence-corrected chi connectivity index (χ0v) is 15.6. The van der Waals surface area contributed by atoms with Gasteiger partial charge >= 0.3 is 23.9 Å². The fraction of sp³-hybridized carbons (Fsp3) is 0.444. The molecule has 0 unspecified atom stereocenters. The molecule has 0 aromatic rings. The second kappa shape index (κ2) is 8.78. The fourth-order valence-corrected chi connectivity index (χ4v) is 3.01. The number of esters is 3. The highest BCUT2D eigenvalue weighted by atomic mass is 16.7. The van der Waals surface area contributed by atoms with Gasteiger partial charge in [-0.25, -0.2) is 4.79 Å². The van der Waals surface area contributed by atoms with Crippen molar-refractivity contribution in [2.75, 3.05) is 0 Å². The van der Waals surface area contributed by atoms with Crippen LogP contribution < -0.4 is 0 Å². The van der Waals surface area contributed by atoms with E-state index in [4.69, 9.17) is 18.9 Å². The van der Waals surface area contributed by atoms with Gasteiger partial charge in [0.2, 0.25) is 0 Å². The third kappa shape index (κ3) is 5.13. The molecule has 0 spiro atoms. The van der Waals surface area contributed by atoms with Gasteiger partial charge in [-0.05, 0) is 18.2 Å². The van der Waals surface area contributed by atoms with Gasteiger partial charge in [-0.1, -0.05) is 0 Å². The Morgan fingerprint density at radius 1 is 0.862 bits per heavy atom. The number of carbonyl (C=O) groups is 6. The van der Waals surface area contributed by atoms with Crippen LogP contribution in [0.1, 0.15) is 20.8 Å². The molecular weight excluding hydrogens is 392 g/mol. The predicted molar refractivity (Wildman–Crippen MR) is 90.2 cm³/mol. The molecule has 0 aromatic heterocycles. The lowest BCUT2D eigenvalue weighted by Gasteiger charge is -2.43. The highest BCUT2D eigenvalue weighted by molar-refractivity contribution is 6.17. The van der Waals surface area contributed by atoms with Gasteiger partial charge in [0.25, 0.3) is 0 Å². The number of allylic oxidation sites excluding steroid dienone is 3. The number of aliphatic carboxylic acids is 1. The van der Waals surface area contributed by atoms with Gasteiger partial charge < -0.3 is 24.1 Å². The molecule has 1 aliphatic heterocycles. The maximum Gasteiger partial charge on any atom is 0.336 e. The van der Waals surface area contributed by atoms with Crippen LogP contribution >= 0.6 is 0 Å². The van der Waals surface area contributed by atoms with Gasteiger partial charge in [0.05, 0.1) is 0 Å². The molecule has 0 aromatic carbocycles. The van der Waals surface area contributed by atoms with Gasteiger partial charge in [-0.3, -0.25) is 24.0 Å². The summed E-state index contributed by atoms with van der Waals surface area (Å²) in [6, 6.07) is 0. The lowest BCUT2D eigenvalue weighted by molar-refractivity contribution is -0.241. The summed E-state index contributed by atoms with van der Waals surface area (Å²) in [6.45, 7) is 3.02. The summed E-state index contributed by atoms with van der Waals surface area (Å²) in [6.07, 6.45) is -5.47. The van der Waals surface area contributed by atoms with Crippen LogP contribution in [0.25, 0.3) is 0 Å². The van der Waals surface area contributed by atoms with Crippen LogP contribution in [0.4, 0.5) is 0 Å². The van der Waals surface area contributed by atoms with Gasteiger partial charge in [-0.15, -0.1) is 0 Å². The molecule has 0 bridgehead atoms. The molecule has 29 heavy (non-hydrogen) atoms. The average molecular weight is 410 g/mol. The number of carboxylic acids is 1. The van der Waals surface area contributed by atoms with Crippen LogP contribution in [-0.4, -0.2) is 71.1 Å². The second-order valence-corrected chi connectivity index (χ2v) is 6.24. The molecule has 1 fully saturated rings. The summed E-state index contributed by atoms with van der Waals surface area (Å²) >= 11 is 0. The first-order valence-corrected chi connectivity index (χ1v) is 8.39. The Bertz CT molecular complexity index is 822.